The lowest BCUT2D eigenvalue weighted by Crippen LogP contribution is -2.43. The summed E-state index contributed by atoms with van der Waals surface area (Å²) in [5, 5.41) is 9.74. The molecule has 0 radical (unpaired) electrons. The Morgan fingerprint density at radius 2 is 2.24 bits per heavy atom. The first-order valence-electron chi connectivity index (χ1n) is 8.07. The number of ether oxygens (including phenoxy) is 3. The summed E-state index contributed by atoms with van der Waals surface area (Å²) in [6, 6.07) is 0. The van der Waals surface area contributed by atoms with Gasteiger partial charge in [0, 0.05) is 0 Å². The Labute approximate surface area is 144 Å². The zero-order chi connectivity index (χ0) is 18.0. The van der Waals surface area contributed by atoms with E-state index in [0.29, 0.717) is 17.0 Å². The number of fused-ring (bicyclic) bond motifs is 2. The van der Waals surface area contributed by atoms with E-state index in [9.17, 15) is 5.11 Å². The predicted molar refractivity (Wildman–Crippen MR) is 87.1 cm³/mol. The first-order valence-corrected chi connectivity index (χ1v) is 8.07. The summed E-state index contributed by atoms with van der Waals surface area (Å²) in [6.45, 7) is 7.38. The third-order valence-corrected chi connectivity index (χ3v) is 4.80. The number of nitrogens with zero attached hydrogens (tertiary/aromatic N) is 4. The van der Waals surface area contributed by atoms with Crippen LogP contribution in [-0.2, 0) is 21.3 Å². The van der Waals surface area contributed by atoms with E-state index in [0.717, 1.165) is 0 Å². The molecule has 0 unspecified atom stereocenters. The van der Waals surface area contributed by atoms with Gasteiger partial charge >= 0.3 is 0 Å². The molecule has 4 atom stereocenters. The molecule has 134 valence electrons. The van der Waals surface area contributed by atoms with Crippen molar-refractivity contribution in [3.8, 4) is 0 Å². The normalized spacial score (nSPS) is 33.7. The van der Waals surface area contributed by atoms with Gasteiger partial charge in [-0.1, -0.05) is 17.6 Å². The highest BCUT2D eigenvalue weighted by molar-refractivity contribution is 5.79. The number of aryl methyl sites for hydroxylation is 1. The molecule has 2 aromatic rings. The van der Waals surface area contributed by atoms with Crippen molar-refractivity contribution < 1.29 is 23.9 Å². The van der Waals surface area contributed by atoms with Gasteiger partial charge in [0.2, 0.25) is 12.0 Å². The van der Waals surface area contributed by atoms with Gasteiger partial charge in [-0.05, 0) is 13.8 Å². The fourth-order valence-corrected chi connectivity index (χ4v) is 3.69. The fraction of sp³-hybridized carbons (Fsp3) is 0.562. The summed E-state index contributed by atoms with van der Waals surface area (Å²) in [7, 11) is 1.80. The maximum atomic E-state index is 9.74. The van der Waals surface area contributed by atoms with Gasteiger partial charge < -0.3 is 25.1 Å². The first-order chi connectivity index (χ1) is 11.8. The van der Waals surface area contributed by atoms with E-state index < -0.39 is 29.8 Å². The van der Waals surface area contributed by atoms with E-state index in [4.69, 9.17) is 19.9 Å². The summed E-state index contributed by atoms with van der Waals surface area (Å²) >= 11 is 0. The Morgan fingerprint density at radius 1 is 1.48 bits per heavy atom. The maximum Gasteiger partial charge on any atom is 0.250 e. The summed E-state index contributed by atoms with van der Waals surface area (Å²) in [5.74, 6) is -0.336. The van der Waals surface area contributed by atoms with Crippen LogP contribution in [0.15, 0.2) is 25.3 Å². The molecular formula is C16H22N5O4+. The van der Waals surface area contributed by atoms with Gasteiger partial charge in [-0.3, -0.25) is 4.57 Å². The minimum atomic E-state index is -0.973. The maximum absolute atomic E-state index is 9.74. The fourth-order valence-electron chi connectivity index (χ4n) is 3.69. The van der Waals surface area contributed by atoms with Crippen LogP contribution in [0.2, 0.25) is 0 Å². The van der Waals surface area contributed by atoms with Gasteiger partial charge in [0.05, 0.1) is 13.7 Å². The third kappa shape index (κ3) is 2.13. The van der Waals surface area contributed by atoms with Crippen LogP contribution in [0.5, 0.6) is 0 Å². The zero-order valence-electron chi connectivity index (χ0n) is 14.4. The summed E-state index contributed by atoms with van der Waals surface area (Å²) in [5.41, 5.74) is 6.24. The van der Waals surface area contributed by atoms with Crippen LogP contribution in [0.4, 0.5) is 5.82 Å². The second kappa shape index (κ2) is 5.21. The van der Waals surface area contributed by atoms with Crippen LogP contribution in [-0.4, -0.2) is 49.8 Å². The molecule has 0 aromatic carbocycles. The number of nitrogens with two attached hydrogens (primary N) is 1. The largest absolute Gasteiger partial charge is 0.394 e. The smallest absolute Gasteiger partial charge is 0.250 e. The Kier molecular flexibility index (Phi) is 3.42. The average molecular weight is 348 g/mol. The Balaban J connectivity index is 1.87. The van der Waals surface area contributed by atoms with E-state index >= 15 is 0 Å². The zero-order valence-corrected chi connectivity index (χ0v) is 14.4. The molecular weight excluding hydrogens is 326 g/mol. The molecule has 0 amide bonds. The van der Waals surface area contributed by atoms with Crippen LogP contribution in [0.3, 0.4) is 0 Å². The van der Waals surface area contributed by atoms with Gasteiger partial charge in [0.1, 0.15) is 18.5 Å². The monoisotopic (exact) mass is 348 g/mol. The van der Waals surface area contributed by atoms with Crippen molar-refractivity contribution in [1.29, 1.82) is 0 Å². The number of hydrogen-bond acceptors (Lipinski definition) is 7. The van der Waals surface area contributed by atoms with Crippen molar-refractivity contribution in [3.05, 3.63) is 25.3 Å². The Bertz CT molecular complexity index is 850. The number of nitrogen functional groups attached to an aromatic ring is 1. The van der Waals surface area contributed by atoms with Crippen molar-refractivity contribution in [2.24, 2.45) is 7.05 Å². The number of anilines is 1. The number of rotatable bonds is 3. The molecule has 9 heteroatoms. The lowest BCUT2D eigenvalue weighted by Gasteiger charge is -2.30. The summed E-state index contributed by atoms with van der Waals surface area (Å²) in [6.07, 6.45) is 3.20. The predicted octanol–water partition coefficient (Wildman–Crippen LogP) is -0.196. The molecule has 2 fully saturated rings. The molecule has 0 aliphatic carbocycles. The van der Waals surface area contributed by atoms with E-state index in [1.165, 1.54) is 0 Å². The van der Waals surface area contributed by atoms with E-state index in [-0.39, 0.29) is 6.61 Å². The van der Waals surface area contributed by atoms with E-state index in [2.05, 4.69) is 16.5 Å². The number of aliphatic hydroxyl groups excluding tert-OH is 1. The highest BCUT2D eigenvalue weighted by Crippen LogP contribution is 2.52. The van der Waals surface area contributed by atoms with Crippen LogP contribution in [0.25, 0.3) is 11.2 Å². The molecule has 2 aromatic heterocycles. The molecule has 25 heavy (non-hydrogen) atoms. The molecule has 2 saturated heterocycles. The van der Waals surface area contributed by atoms with Crippen LogP contribution < -0.4 is 10.3 Å². The minimum absolute atomic E-state index is 0.201. The molecule has 0 saturated carbocycles. The van der Waals surface area contributed by atoms with Crippen molar-refractivity contribution in [1.82, 2.24) is 14.5 Å². The lowest BCUT2D eigenvalue weighted by molar-refractivity contribution is -0.658. The number of aliphatic hydroxyl groups is 1. The molecule has 4 rings (SSSR count). The highest BCUT2D eigenvalue weighted by Gasteiger charge is 2.65. The highest BCUT2D eigenvalue weighted by atomic mass is 16.8. The average Bonchev–Trinajstić information content (AvgIpc) is 3.19. The quantitative estimate of drug-likeness (QED) is 0.584. The topological polar surface area (TPSA) is 109 Å². The Morgan fingerprint density at radius 3 is 2.92 bits per heavy atom. The van der Waals surface area contributed by atoms with Crippen molar-refractivity contribution >= 4 is 17.0 Å². The van der Waals surface area contributed by atoms with Crippen LogP contribution in [0.1, 0.15) is 20.1 Å². The molecule has 9 nitrogen and oxygen atoms in total. The van der Waals surface area contributed by atoms with Gasteiger partial charge in [-0.25, -0.2) is 9.55 Å². The van der Waals surface area contributed by atoms with Gasteiger partial charge in [0.25, 0.3) is 5.82 Å². The number of hydrogen-bond donors (Lipinski definition) is 2. The van der Waals surface area contributed by atoms with Crippen molar-refractivity contribution in [2.75, 3.05) is 12.3 Å². The molecule has 2 aliphatic heterocycles. The van der Waals surface area contributed by atoms with Crippen LogP contribution >= 0.6 is 0 Å². The van der Waals surface area contributed by atoms with Gasteiger partial charge in [-0.15, -0.1) is 0 Å². The number of imidazole rings is 1. The second-order valence-corrected chi connectivity index (χ2v) is 6.87. The molecule has 3 N–H and O–H groups in total. The van der Waals surface area contributed by atoms with Gasteiger partial charge in [0.15, 0.2) is 23.1 Å². The van der Waals surface area contributed by atoms with Gasteiger partial charge in [-0.2, -0.15) is 0 Å². The molecule has 0 bridgehead atoms. The standard InChI is InChI=1S/C16H21N5O4/c1-5-16-11(24-15(2,3)25-16)9(6-22)23-14(16)21-8-18-10-12(17)20(4)7-19-13(10)21/h5,7-9,11,14,17,22H,1,6H2,2-4H3/p+1/t9-,11-,14-,16-/m1/s1. The second-order valence-electron chi connectivity index (χ2n) is 6.87. The molecule has 4 heterocycles. The molecule has 2 aliphatic rings. The Hall–Kier alpha value is -2.07. The van der Waals surface area contributed by atoms with Crippen molar-refractivity contribution in [2.45, 2.75) is 43.7 Å². The minimum Gasteiger partial charge on any atom is -0.394 e. The summed E-state index contributed by atoms with van der Waals surface area (Å²) in [4.78, 5) is 8.80. The first kappa shape index (κ1) is 16.4. The SMILES string of the molecule is C=C[C@@]12OC(C)(C)O[C@@H]1[C@@H](CO)O[C@H]2n1cnc2c(N)[n+](C)cnc21. The summed E-state index contributed by atoms with van der Waals surface area (Å²) < 4.78 is 21.7. The van der Waals surface area contributed by atoms with E-state index in [1.54, 1.807) is 34.9 Å². The van der Waals surface area contributed by atoms with Crippen molar-refractivity contribution in [3.63, 3.8) is 0 Å². The number of aromatic nitrogens is 4. The lowest BCUT2D eigenvalue weighted by atomic mass is 9.94. The molecule has 0 spiro atoms. The third-order valence-electron chi connectivity index (χ3n) is 4.80. The van der Waals surface area contributed by atoms with E-state index in [1.807, 2.05) is 13.8 Å². The van der Waals surface area contributed by atoms with Crippen LogP contribution in [0, 0.1) is 0 Å².